The molecule has 0 aliphatic carbocycles. The van der Waals surface area contributed by atoms with Crippen LogP contribution in [0.4, 0.5) is 0 Å². The SMILES string of the molecule is O=c1c2ccccc2nc2n(-c3cccc(-n4c5ccccc5n5c(=O)c6ccccc6nc45)c3)c3ccccc3n12. The summed E-state index contributed by atoms with van der Waals surface area (Å²) in [6.07, 6.45) is 0. The van der Waals surface area contributed by atoms with Gasteiger partial charge in [0.1, 0.15) is 0 Å². The van der Waals surface area contributed by atoms with Gasteiger partial charge in [-0.3, -0.25) is 18.7 Å². The van der Waals surface area contributed by atoms with E-state index in [1.807, 2.05) is 130 Å². The van der Waals surface area contributed by atoms with Crippen molar-refractivity contribution in [3.05, 3.63) is 142 Å². The number of aromatic nitrogens is 6. The summed E-state index contributed by atoms with van der Waals surface area (Å²) in [5.41, 5.74) is 5.98. The summed E-state index contributed by atoms with van der Waals surface area (Å²) in [6, 6.07) is 38.5. The Kier molecular flexibility index (Phi) is 4.47. The summed E-state index contributed by atoms with van der Waals surface area (Å²) >= 11 is 0. The Morgan fingerprint density at radius 3 is 1.31 bits per heavy atom. The van der Waals surface area contributed by atoms with Gasteiger partial charge in [0.05, 0.1) is 55.2 Å². The zero-order valence-electron chi connectivity index (χ0n) is 22.0. The maximum Gasteiger partial charge on any atom is 0.267 e. The summed E-state index contributed by atoms with van der Waals surface area (Å²) in [4.78, 5) is 37.3. The molecule has 0 bridgehead atoms. The monoisotopic (exact) mass is 544 g/mol. The van der Waals surface area contributed by atoms with Gasteiger partial charge in [-0.25, -0.2) is 18.8 Å². The van der Waals surface area contributed by atoms with Crippen molar-refractivity contribution in [2.75, 3.05) is 0 Å². The molecule has 4 heterocycles. The number of fused-ring (bicyclic) bond motifs is 8. The molecule has 0 atom stereocenters. The average molecular weight is 545 g/mol. The molecular formula is C34H20N6O2. The van der Waals surface area contributed by atoms with Crippen LogP contribution >= 0.6 is 0 Å². The number of rotatable bonds is 2. The molecule has 0 radical (unpaired) electrons. The fourth-order valence-corrected chi connectivity index (χ4v) is 6.16. The van der Waals surface area contributed by atoms with Crippen LogP contribution in [0.2, 0.25) is 0 Å². The standard InChI is InChI=1S/C34H20N6O2/c41-31-23-12-1-3-14-25(23)35-33-37(27-16-5-7-18-29(27)39(31)33)21-10-9-11-22(20-21)38-28-17-6-8-19-30(28)40-32(42)24-13-2-4-15-26(24)36-34(38)40/h1-20H. The molecule has 8 heteroatoms. The first-order chi connectivity index (χ1) is 20.7. The molecule has 0 saturated heterocycles. The Morgan fingerprint density at radius 2 is 0.833 bits per heavy atom. The molecule has 0 unspecified atom stereocenters. The second-order valence-electron chi connectivity index (χ2n) is 10.3. The third-order valence-electron chi connectivity index (χ3n) is 7.99. The second kappa shape index (κ2) is 8.25. The lowest BCUT2D eigenvalue weighted by Crippen LogP contribution is -2.15. The van der Waals surface area contributed by atoms with Crippen molar-refractivity contribution in [2.24, 2.45) is 0 Å². The van der Waals surface area contributed by atoms with E-state index in [-0.39, 0.29) is 11.1 Å². The minimum absolute atomic E-state index is 0.112. The van der Waals surface area contributed by atoms with Gasteiger partial charge < -0.3 is 0 Å². The topological polar surface area (TPSA) is 78.6 Å². The molecule has 0 saturated carbocycles. The van der Waals surface area contributed by atoms with Crippen LogP contribution in [0.25, 0.3) is 66.8 Å². The third kappa shape index (κ3) is 2.95. The number of hydrogen-bond acceptors (Lipinski definition) is 4. The summed E-state index contributed by atoms with van der Waals surface area (Å²) in [7, 11) is 0. The Labute approximate surface area is 236 Å². The van der Waals surface area contributed by atoms with Crippen LogP contribution in [-0.2, 0) is 0 Å². The van der Waals surface area contributed by atoms with E-state index in [1.165, 1.54) is 0 Å². The number of benzene rings is 5. The van der Waals surface area contributed by atoms with Crippen LogP contribution in [0.1, 0.15) is 0 Å². The average Bonchev–Trinajstić information content (AvgIpc) is 3.54. The number of nitrogens with zero attached hydrogens (tertiary/aromatic N) is 6. The highest BCUT2D eigenvalue weighted by molar-refractivity contribution is 5.89. The van der Waals surface area contributed by atoms with Gasteiger partial charge in [-0.05, 0) is 66.7 Å². The van der Waals surface area contributed by atoms with Crippen LogP contribution in [-0.4, -0.2) is 27.9 Å². The highest BCUT2D eigenvalue weighted by Gasteiger charge is 2.20. The Bertz CT molecular complexity index is 2510. The first-order valence-electron chi connectivity index (χ1n) is 13.6. The van der Waals surface area contributed by atoms with Gasteiger partial charge in [0, 0.05) is 0 Å². The largest absolute Gasteiger partial charge is 0.278 e. The van der Waals surface area contributed by atoms with E-state index in [4.69, 9.17) is 9.97 Å². The summed E-state index contributed by atoms with van der Waals surface area (Å²) in [5, 5.41) is 1.14. The van der Waals surface area contributed by atoms with Gasteiger partial charge in [0.2, 0.25) is 11.6 Å². The van der Waals surface area contributed by atoms with Crippen molar-refractivity contribution in [3.8, 4) is 11.4 Å². The van der Waals surface area contributed by atoms with E-state index in [1.54, 1.807) is 8.80 Å². The van der Waals surface area contributed by atoms with Gasteiger partial charge in [-0.15, -0.1) is 0 Å². The van der Waals surface area contributed by atoms with Crippen LogP contribution < -0.4 is 11.1 Å². The maximum absolute atomic E-state index is 13.7. The minimum Gasteiger partial charge on any atom is -0.278 e. The zero-order valence-corrected chi connectivity index (χ0v) is 22.0. The predicted molar refractivity (Wildman–Crippen MR) is 165 cm³/mol. The molecule has 8 nitrogen and oxygen atoms in total. The molecule has 0 spiro atoms. The lowest BCUT2D eigenvalue weighted by atomic mass is 10.2. The van der Waals surface area contributed by atoms with Crippen molar-refractivity contribution in [1.82, 2.24) is 27.9 Å². The van der Waals surface area contributed by atoms with Crippen molar-refractivity contribution in [1.29, 1.82) is 0 Å². The highest BCUT2D eigenvalue weighted by atomic mass is 16.1. The molecular weight excluding hydrogens is 524 g/mol. The van der Waals surface area contributed by atoms with Gasteiger partial charge in [-0.2, -0.15) is 0 Å². The minimum atomic E-state index is -0.112. The first kappa shape index (κ1) is 22.8. The fraction of sp³-hybridized carbons (Fsp3) is 0. The first-order valence-corrected chi connectivity index (χ1v) is 13.6. The highest BCUT2D eigenvalue weighted by Crippen LogP contribution is 2.29. The Morgan fingerprint density at radius 1 is 0.429 bits per heavy atom. The molecule has 0 aliphatic rings. The lowest BCUT2D eigenvalue weighted by molar-refractivity contribution is 1.03. The normalized spacial score (nSPS) is 12.0. The fourth-order valence-electron chi connectivity index (χ4n) is 6.16. The predicted octanol–water partition coefficient (Wildman–Crippen LogP) is 5.90. The smallest absolute Gasteiger partial charge is 0.267 e. The lowest BCUT2D eigenvalue weighted by Gasteiger charge is -2.11. The third-order valence-corrected chi connectivity index (χ3v) is 7.99. The van der Waals surface area contributed by atoms with Gasteiger partial charge in [0.15, 0.2) is 0 Å². The van der Waals surface area contributed by atoms with Crippen molar-refractivity contribution >= 4 is 55.4 Å². The van der Waals surface area contributed by atoms with Crippen LogP contribution in [0.3, 0.4) is 0 Å². The van der Waals surface area contributed by atoms with E-state index < -0.39 is 0 Å². The molecule has 4 aromatic heterocycles. The second-order valence-corrected chi connectivity index (χ2v) is 10.3. The Hall–Kier alpha value is -6.02. The molecule has 198 valence electrons. The molecule has 0 fully saturated rings. The number of hydrogen-bond donors (Lipinski definition) is 0. The van der Waals surface area contributed by atoms with Crippen LogP contribution in [0.5, 0.6) is 0 Å². The van der Waals surface area contributed by atoms with Gasteiger partial charge in [-0.1, -0.05) is 54.6 Å². The van der Waals surface area contributed by atoms with E-state index in [2.05, 4.69) is 0 Å². The van der Waals surface area contributed by atoms with Crippen LogP contribution in [0.15, 0.2) is 131 Å². The molecule has 9 aromatic rings. The number of para-hydroxylation sites is 6. The zero-order chi connectivity index (χ0) is 27.9. The van der Waals surface area contributed by atoms with E-state index in [0.29, 0.717) is 33.4 Å². The van der Waals surface area contributed by atoms with Crippen LogP contribution in [0, 0.1) is 0 Å². The van der Waals surface area contributed by atoms with E-state index in [0.717, 1.165) is 33.4 Å². The molecule has 0 amide bonds. The summed E-state index contributed by atoms with van der Waals surface area (Å²) in [5.74, 6) is 1.05. The van der Waals surface area contributed by atoms with Crippen molar-refractivity contribution in [3.63, 3.8) is 0 Å². The quantitative estimate of drug-likeness (QED) is 0.272. The molecule has 9 rings (SSSR count). The van der Waals surface area contributed by atoms with Crippen molar-refractivity contribution < 1.29 is 0 Å². The van der Waals surface area contributed by atoms with Crippen molar-refractivity contribution in [2.45, 2.75) is 0 Å². The molecule has 0 N–H and O–H groups in total. The van der Waals surface area contributed by atoms with Gasteiger partial charge >= 0.3 is 0 Å². The molecule has 42 heavy (non-hydrogen) atoms. The number of imidazole rings is 2. The summed E-state index contributed by atoms with van der Waals surface area (Å²) in [6.45, 7) is 0. The van der Waals surface area contributed by atoms with Gasteiger partial charge in [0.25, 0.3) is 11.1 Å². The Balaban J connectivity index is 1.39. The maximum atomic E-state index is 13.7. The van der Waals surface area contributed by atoms with E-state index in [9.17, 15) is 9.59 Å². The molecule has 0 aliphatic heterocycles. The summed E-state index contributed by atoms with van der Waals surface area (Å²) < 4.78 is 7.38. The van der Waals surface area contributed by atoms with E-state index >= 15 is 0 Å². The molecule has 5 aromatic carbocycles.